The second kappa shape index (κ2) is 7.68. The largest absolute Gasteiger partial charge is 0.416 e. The number of hydrogen-bond acceptors (Lipinski definition) is 2. The molecule has 2 N–H and O–H groups in total. The van der Waals surface area contributed by atoms with Crippen LogP contribution < -0.4 is 10.6 Å². The highest BCUT2D eigenvalue weighted by atomic mass is 19.4. The molecule has 0 heterocycles. The van der Waals surface area contributed by atoms with E-state index >= 15 is 0 Å². The van der Waals surface area contributed by atoms with Crippen molar-refractivity contribution >= 4 is 23.2 Å². The molecule has 27 heavy (non-hydrogen) atoms. The van der Waals surface area contributed by atoms with E-state index in [0.717, 1.165) is 36.4 Å². The molecule has 0 aromatic heterocycles. The van der Waals surface area contributed by atoms with Crippen LogP contribution in [0.25, 0.3) is 0 Å². The number of carbonyl (C=O) groups excluding carboxylic acids is 2. The minimum atomic E-state index is -4.58. The van der Waals surface area contributed by atoms with Crippen molar-refractivity contribution < 1.29 is 35.9 Å². The van der Waals surface area contributed by atoms with Crippen LogP contribution in [0, 0.1) is 0 Å². The highest BCUT2D eigenvalue weighted by Crippen LogP contribution is 2.31. The zero-order chi connectivity index (χ0) is 20.2. The fraction of sp³-hybridized carbons (Fsp3) is 0.176. The first kappa shape index (κ1) is 20.3. The summed E-state index contributed by atoms with van der Waals surface area (Å²) < 4.78 is 75.2. The number of hydrogen-bond donors (Lipinski definition) is 2. The molecule has 0 saturated carbocycles. The summed E-state index contributed by atoms with van der Waals surface area (Å²) in [5.41, 5.74) is -1.96. The summed E-state index contributed by atoms with van der Waals surface area (Å²) in [6.07, 6.45) is -9.83. The Hall–Kier alpha value is -3.04. The lowest BCUT2D eigenvalue weighted by molar-refractivity contribution is -0.138. The number of halogens is 6. The molecular weight excluding hydrogens is 378 g/mol. The van der Waals surface area contributed by atoms with E-state index in [2.05, 4.69) is 10.6 Å². The van der Waals surface area contributed by atoms with E-state index in [0.29, 0.717) is 6.07 Å². The van der Waals surface area contributed by atoms with E-state index in [-0.39, 0.29) is 11.4 Å². The van der Waals surface area contributed by atoms with Gasteiger partial charge in [-0.05, 0) is 42.5 Å². The number of rotatable bonds is 4. The molecule has 0 bridgehead atoms. The summed E-state index contributed by atoms with van der Waals surface area (Å²) in [5.74, 6) is -1.71. The lowest BCUT2D eigenvalue weighted by Gasteiger charge is -2.10. The summed E-state index contributed by atoms with van der Waals surface area (Å²) in [6.45, 7) is 0. The zero-order valence-electron chi connectivity index (χ0n) is 13.4. The van der Waals surface area contributed by atoms with Gasteiger partial charge in [0.2, 0.25) is 11.8 Å². The van der Waals surface area contributed by atoms with Gasteiger partial charge < -0.3 is 10.6 Å². The maximum atomic E-state index is 12.6. The fourth-order valence-corrected chi connectivity index (χ4v) is 2.07. The van der Waals surface area contributed by atoms with Crippen LogP contribution >= 0.6 is 0 Å². The molecule has 10 heteroatoms. The van der Waals surface area contributed by atoms with Crippen LogP contribution in [0.5, 0.6) is 0 Å². The van der Waals surface area contributed by atoms with E-state index in [9.17, 15) is 35.9 Å². The van der Waals surface area contributed by atoms with Gasteiger partial charge in [0.05, 0.1) is 11.1 Å². The highest BCUT2D eigenvalue weighted by molar-refractivity contribution is 6.08. The van der Waals surface area contributed by atoms with E-state index in [1.165, 1.54) is 6.07 Å². The van der Waals surface area contributed by atoms with E-state index < -0.39 is 41.7 Å². The molecule has 0 atom stereocenters. The predicted octanol–water partition coefficient (Wildman–Crippen LogP) is 4.69. The maximum Gasteiger partial charge on any atom is 0.416 e. The molecule has 144 valence electrons. The predicted molar refractivity (Wildman–Crippen MR) is 84.8 cm³/mol. The molecule has 0 spiro atoms. The van der Waals surface area contributed by atoms with E-state index in [1.54, 1.807) is 0 Å². The Bertz CT molecular complexity index is 829. The van der Waals surface area contributed by atoms with Crippen molar-refractivity contribution in [2.75, 3.05) is 10.6 Å². The van der Waals surface area contributed by atoms with Gasteiger partial charge in [-0.3, -0.25) is 9.59 Å². The van der Waals surface area contributed by atoms with Crippen molar-refractivity contribution in [3.63, 3.8) is 0 Å². The normalized spacial score (nSPS) is 11.8. The van der Waals surface area contributed by atoms with Gasteiger partial charge >= 0.3 is 12.4 Å². The van der Waals surface area contributed by atoms with Crippen molar-refractivity contribution in [3.05, 3.63) is 59.7 Å². The Morgan fingerprint density at radius 2 is 1.22 bits per heavy atom. The minimum Gasteiger partial charge on any atom is -0.326 e. The molecule has 2 amide bonds. The number of nitrogens with one attached hydrogen (secondary N) is 2. The van der Waals surface area contributed by atoms with Crippen molar-refractivity contribution in [3.8, 4) is 0 Å². The topological polar surface area (TPSA) is 58.2 Å². The lowest BCUT2D eigenvalue weighted by Crippen LogP contribution is -2.21. The zero-order valence-corrected chi connectivity index (χ0v) is 13.4. The molecule has 0 unspecified atom stereocenters. The number of carbonyl (C=O) groups is 2. The van der Waals surface area contributed by atoms with Gasteiger partial charge in [0.15, 0.2) is 0 Å². The first-order valence-electron chi connectivity index (χ1n) is 7.39. The van der Waals surface area contributed by atoms with Gasteiger partial charge in [-0.25, -0.2) is 0 Å². The third kappa shape index (κ3) is 6.01. The molecule has 0 fully saturated rings. The quantitative estimate of drug-likeness (QED) is 0.588. The molecule has 2 aromatic carbocycles. The molecule has 2 rings (SSSR count). The SMILES string of the molecule is O=C(CC(=O)Nc1cccc(C(F)(F)F)c1)Nc1ccc(C(F)(F)F)cc1. The highest BCUT2D eigenvalue weighted by Gasteiger charge is 2.31. The van der Waals surface area contributed by atoms with Crippen molar-refractivity contribution in [1.29, 1.82) is 0 Å². The summed E-state index contributed by atoms with van der Waals surface area (Å²) in [5, 5.41) is 4.38. The van der Waals surface area contributed by atoms with Crippen LogP contribution in [0.4, 0.5) is 37.7 Å². The molecule has 0 aliphatic heterocycles. The van der Waals surface area contributed by atoms with Crippen molar-refractivity contribution in [2.24, 2.45) is 0 Å². The number of amides is 2. The van der Waals surface area contributed by atoms with Gasteiger partial charge in [-0.15, -0.1) is 0 Å². The Balaban J connectivity index is 1.93. The summed E-state index contributed by atoms with van der Waals surface area (Å²) in [4.78, 5) is 23.5. The lowest BCUT2D eigenvalue weighted by atomic mass is 10.2. The fourth-order valence-electron chi connectivity index (χ4n) is 2.07. The smallest absolute Gasteiger partial charge is 0.326 e. The molecular formula is C17H12F6N2O2. The van der Waals surface area contributed by atoms with Crippen molar-refractivity contribution in [2.45, 2.75) is 18.8 Å². The Morgan fingerprint density at radius 1 is 0.704 bits per heavy atom. The summed E-state index contributed by atoms with van der Waals surface area (Å²) in [6, 6.07) is 7.42. The van der Waals surface area contributed by atoms with Gasteiger partial charge in [-0.2, -0.15) is 26.3 Å². The Morgan fingerprint density at radius 3 is 1.74 bits per heavy atom. The Kier molecular flexibility index (Phi) is 5.77. The second-order valence-corrected chi connectivity index (χ2v) is 5.43. The average Bonchev–Trinajstić information content (AvgIpc) is 2.53. The van der Waals surface area contributed by atoms with Crippen LogP contribution in [0.3, 0.4) is 0 Å². The van der Waals surface area contributed by atoms with E-state index in [4.69, 9.17) is 0 Å². The van der Waals surface area contributed by atoms with Crippen LogP contribution in [0.1, 0.15) is 17.5 Å². The van der Waals surface area contributed by atoms with E-state index in [1.807, 2.05) is 0 Å². The number of anilines is 2. The monoisotopic (exact) mass is 390 g/mol. The van der Waals surface area contributed by atoms with Crippen LogP contribution in [0.2, 0.25) is 0 Å². The third-order valence-electron chi connectivity index (χ3n) is 3.29. The minimum absolute atomic E-state index is 0.0415. The standard InChI is InChI=1S/C17H12F6N2O2/c18-16(19,20)10-4-6-12(7-5-10)24-14(26)9-15(27)25-13-3-1-2-11(8-13)17(21,22)23/h1-8H,9H2,(H,24,26)(H,25,27). The molecule has 0 aliphatic rings. The average molecular weight is 390 g/mol. The summed E-state index contributed by atoms with van der Waals surface area (Å²) >= 11 is 0. The Labute approximate surface area is 149 Å². The second-order valence-electron chi connectivity index (χ2n) is 5.43. The molecule has 2 aromatic rings. The van der Waals surface area contributed by atoms with Crippen LogP contribution in [-0.2, 0) is 21.9 Å². The van der Waals surface area contributed by atoms with Gasteiger partial charge in [0.25, 0.3) is 0 Å². The van der Waals surface area contributed by atoms with Crippen molar-refractivity contribution in [1.82, 2.24) is 0 Å². The van der Waals surface area contributed by atoms with Crippen LogP contribution in [0.15, 0.2) is 48.5 Å². The van der Waals surface area contributed by atoms with Crippen LogP contribution in [-0.4, -0.2) is 11.8 Å². The number of benzene rings is 2. The van der Waals surface area contributed by atoms with Gasteiger partial charge in [0, 0.05) is 11.4 Å². The summed E-state index contributed by atoms with van der Waals surface area (Å²) in [7, 11) is 0. The first-order valence-corrected chi connectivity index (χ1v) is 7.39. The third-order valence-corrected chi connectivity index (χ3v) is 3.29. The number of alkyl halides is 6. The van der Waals surface area contributed by atoms with Gasteiger partial charge in [0.1, 0.15) is 6.42 Å². The molecule has 0 saturated heterocycles. The van der Waals surface area contributed by atoms with Gasteiger partial charge in [-0.1, -0.05) is 6.07 Å². The maximum absolute atomic E-state index is 12.6. The first-order chi connectivity index (χ1) is 12.4. The molecule has 0 aliphatic carbocycles. The molecule has 4 nitrogen and oxygen atoms in total. The molecule has 0 radical (unpaired) electrons.